The maximum atomic E-state index is 7.09. The zero-order valence-electron chi connectivity index (χ0n) is 2.96. The van der Waals surface area contributed by atoms with E-state index in [2.05, 4.69) is 62.0 Å². The van der Waals surface area contributed by atoms with Crippen molar-refractivity contribution < 1.29 is 0 Å². The monoisotopic (exact) mass is 349 g/mol. The van der Waals surface area contributed by atoms with E-state index in [1.165, 1.54) is 0 Å². The Morgan fingerprint density at radius 1 is 1.20 bits per heavy atom. The second-order valence-corrected chi connectivity index (χ2v) is 31.0. The zero-order chi connectivity index (χ0) is 5.45. The third-order valence-corrected chi connectivity index (χ3v) is 0. The molecule has 0 aliphatic rings. The minimum atomic E-state index is -2.55. The molecule has 0 atom stereocenters. The molecule has 0 aliphatic heterocycles. The topological polar surface area (TPSA) is 0 Å². The average molecular weight is 353 g/mol. The van der Waals surface area contributed by atoms with Gasteiger partial charge in [0.2, 0.25) is 0 Å². The molecule has 0 saturated carbocycles. The van der Waals surface area contributed by atoms with Crippen LogP contribution in [0.25, 0.3) is 0 Å². The van der Waals surface area contributed by atoms with Gasteiger partial charge in [0.05, 0.1) is 0 Å². The van der Waals surface area contributed by atoms with Crippen molar-refractivity contribution in [2.45, 2.75) is 0 Å². The first kappa shape index (κ1) is 5.49. The summed E-state index contributed by atoms with van der Waals surface area (Å²) < 4.78 is 4.54. The Bertz CT molecular complexity index is 40.7. The van der Waals surface area contributed by atoms with Gasteiger partial charge >= 0.3 is 65.3 Å². The van der Waals surface area contributed by atoms with Crippen molar-refractivity contribution in [3.05, 3.63) is 0 Å². The van der Waals surface area contributed by atoms with Gasteiger partial charge in [0.25, 0.3) is 0 Å². The molecule has 0 aromatic heterocycles. The summed E-state index contributed by atoms with van der Waals surface area (Å²) in [5.41, 5.74) is 0. The van der Waals surface area contributed by atoms with Crippen LogP contribution in [0.1, 0.15) is 0 Å². The summed E-state index contributed by atoms with van der Waals surface area (Å²) >= 11 is 12.1. The fourth-order valence-electron chi connectivity index (χ4n) is 0. The van der Waals surface area contributed by atoms with Gasteiger partial charge in [-0.3, -0.25) is 0 Å². The molecule has 5 heavy (non-hydrogen) atoms. The van der Waals surface area contributed by atoms with Crippen molar-refractivity contribution in [2.24, 2.45) is 0 Å². The first-order valence-electron chi connectivity index (χ1n) is 1.12. The van der Waals surface area contributed by atoms with Gasteiger partial charge in [-0.05, 0) is 0 Å². The van der Waals surface area contributed by atoms with E-state index in [1.807, 2.05) is 0 Å². The van der Waals surface area contributed by atoms with E-state index in [0.29, 0.717) is 0 Å². The first-order chi connectivity index (χ1) is 2.24. The first-order valence-corrected chi connectivity index (χ1v) is 10.5. The molecule has 0 radical (unpaired) electrons. The number of rotatable bonds is 0. The van der Waals surface area contributed by atoms with E-state index in [9.17, 15) is 0 Å². The summed E-state index contributed by atoms with van der Waals surface area (Å²) in [6.45, 7) is 0. The van der Waals surface area contributed by atoms with Gasteiger partial charge in [-0.1, -0.05) is 0 Å². The molecule has 5 heteroatoms. The van der Waals surface area contributed by atoms with E-state index in [0.717, 1.165) is 0 Å². The van der Waals surface area contributed by atoms with Gasteiger partial charge in [0, 0.05) is 0 Å². The van der Waals surface area contributed by atoms with Crippen LogP contribution in [0, 0.1) is 0 Å². The fraction of sp³-hybridized carbons (Fsp3) is 0. The molecule has 34 valence electrons. The molecule has 0 N–H and O–H groups in total. The molecule has 0 unspecified atom stereocenters. The summed E-state index contributed by atoms with van der Waals surface area (Å²) in [7, 11) is 0. The van der Waals surface area contributed by atoms with Crippen LogP contribution in [0.2, 0.25) is 0 Å². The Morgan fingerprint density at radius 2 is 1.20 bits per heavy atom. The van der Waals surface area contributed by atoms with Crippen LogP contribution in [-0.2, 0) is 0 Å². The summed E-state index contributed by atoms with van der Waals surface area (Å²) in [6.07, 6.45) is 0. The minimum absolute atomic E-state index is 2.55. The van der Waals surface area contributed by atoms with Crippen LogP contribution in [0.15, 0.2) is 0 Å². The molecule has 0 heterocycles. The molecule has 0 rings (SSSR count). The quantitative estimate of drug-likeness (QED) is 0.579. The molecule has 0 aromatic carbocycles. The van der Waals surface area contributed by atoms with Crippen LogP contribution in [0.4, 0.5) is 0 Å². The molecule has 0 aromatic rings. The predicted molar refractivity (Wildman–Crippen MR) is 44.0 cm³/mol. The number of hydrogen-bond acceptors (Lipinski definition) is 0. The average Bonchev–Trinajstić information content (AvgIpc) is 0.650. The van der Waals surface area contributed by atoms with Crippen molar-refractivity contribution in [2.75, 3.05) is 0 Å². The van der Waals surface area contributed by atoms with Crippen LogP contribution in [-0.4, -0.2) is 1.28 Å². The molecule has 0 fully saturated rings. The van der Waals surface area contributed by atoms with Gasteiger partial charge in [0.1, 0.15) is 0 Å². The second kappa shape index (κ2) is 2.61. The van der Waals surface area contributed by atoms with E-state index < -0.39 is 2.02 Å². The van der Waals surface area contributed by atoms with Crippen LogP contribution < -0.4 is 0 Å². The van der Waals surface area contributed by atoms with E-state index in [1.54, 1.807) is 0 Å². The van der Waals surface area contributed by atoms with Gasteiger partial charge < -0.3 is 0 Å². The van der Waals surface area contributed by atoms with Crippen LogP contribution in [0.3, 0.4) is 0 Å². The van der Waals surface area contributed by atoms with Gasteiger partial charge in [-0.15, -0.1) is 0 Å². The van der Waals surface area contributed by atoms with Gasteiger partial charge in [-0.25, -0.2) is 0 Å². The zero-order valence-corrected chi connectivity index (χ0v) is 9.20. The molecular formula is HBr4P. The van der Waals surface area contributed by atoms with Crippen molar-refractivity contribution in [3.63, 3.8) is 0 Å². The Balaban J connectivity index is 3.73. The van der Waals surface area contributed by atoms with Gasteiger partial charge in [-0.2, -0.15) is 0 Å². The molecule has 0 bridgehead atoms. The van der Waals surface area contributed by atoms with Crippen LogP contribution in [0.5, 0.6) is 0 Å². The molecule has 0 nitrogen and oxygen atoms in total. The number of hydrogen-bond donors (Lipinski definition) is 0. The molecule has 0 amide bonds. The predicted octanol–water partition coefficient (Wildman–Crippen LogP) is 3.98. The van der Waals surface area contributed by atoms with E-state index in [-0.39, 0.29) is 0 Å². The molecule has 0 spiro atoms. The molecule has 0 saturated heterocycles. The third-order valence-electron chi connectivity index (χ3n) is 0. The van der Waals surface area contributed by atoms with E-state index >= 15 is 0 Å². The third kappa shape index (κ3) is 21.8. The molecular weight excluding hydrogens is 351 g/mol. The van der Waals surface area contributed by atoms with Crippen LogP contribution >= 0.6 is 64.0 Å². The van der Waals surface area contributed by atoms with Gasteiger partial charge in [0.15, 0.2) is 0 Å². The Labute approximate surface area is 64.7 Å². The Hall–Kier alpha value is 2.35. The maximum absolute atomic E-state index is 7.09. The summed E-state index contributed by atoms with van der Waals surface area (Å²) in [5, 5.41) is 0. The van der Waals surface area contributed by atoms with Crippen molar-refractivity contribution in [1.29, 1.82) is 1.28 Å². The number of halogens is 4. The van der Waals surface area contributed by atoms with Crippen molar-refractivity contribution in [1.82, 2.24) is 0 Å². The summed E-state index contributed by atoms with van der Waals surface area (Å²) in [4.78, 5) is 0. The Morgan fingerprint density at radius 3 is 1.20 bits per heavy atom. The fourth-order valence-corrected chi connectivity index (χ4v) is 0. The van der Waals surface area contributed by atoms with E-state index in [4.69, 9.17) is 1.28 Å². The van der Waals surface area contributed by atoms with Crippen molar-refractivity contribution in [3.8, 4) is 0 Å². The van der Waals surface area contributed by atoms with Crippen molar-refractivity contribution >= 4 is 64.0 Å². The Kier molecular flexibility index (Phi) is 2.86. The summed E-state index contributed by atoms with van der Waals surface area (Å²) in [5.74, 6) is 0. The second-order valence-electron chi connectivity index (χ2n) is 0.383. The normalized spacial score (nSPS) is 23.2. The SMILES string of the molecule is [2H]P(Br)(Br)(Br)Br. The summed E-state index contributed by atoms with van der Waals surface area (Å²) in [6, 6.07) is 0. The molecule has 0 aliphatic carbocycles. The standard InChI is InChI=1S/Br4HP/c1-5(2,3)4/h5H/i5D.